The van der Waals surface area contributed by atoms with Crippen LogP contribution < -0.4 is 15.5 Å². The minimum atomic E-state index is -3.41. The van der Waals surface area contributed by atoms with Gasteiger partial charge in [0.2, 0.25) is 5.95 Å². The second-order valence-electron chi connectivity index (χ2n) is 9.34. The van der Waals surface area contributed by atoms with Gasteiger partial charge in [-0.3, -0.25) is 4.79 Å². The number of nitrogens with one attached hydrogen (secondary N) is 2. The molecule has 178 valence electrons. The van der Waals surface area contributed by atoms with Crippen LogP contribution >= 0.6 is 0 Å². The fraction of sp³-hybridized carbons (Fsp3) is 0.522. The van der Waals surface area contributed by atoms with E-state index >= 15 is 0 Å². The number of sulfone groups is 1. The van der Waals surface area contributed by atoms with Crippen LogP contribution in [0.2, 0.25) is 0 Å². The van der Waals surface area contributed by atoms with Gasteiger partial charge in [-0.05, 0) is 63.1 Å². The quantitative estimate of drug-likeness (QED) is 0.561. The summed E-state index contributed by atoms with van der Waals surface area (Å²) < 4.78 is 24.4. The van der Waals surface area contributed by atoms with Gasteiger partial charge < -0.3 is 20.6 Å². The molecule has 1 atom stereocenters. The molecule has 1 aromatic carbocycles. The maximum absolute atomic E-state index is 13.3. The molecule has 1 amide bonds. The van der Waals surface area contributed by atoms with Crippen molar-refractivity contribution in [1.82, 2.24) is 9.97 Å². The van der Waals surface area contributed by atoms with Crippen molar-refractivity contribution in [2.24, 2.45) is 5.41 Å². The van der Waals surface area contributed by atoms with Gasteiger partial charge >= 0.3 is 0 Å². The number of hydrogen-bond acceptors (Lipinski definition) is 8. The number of benzene rings is 1. The standard InChI is InChI=1S/C23H31N5O4S/c1-15-12-20(27-22(24-15)25-16(2)14-29)26-21(30)18-5-4-17(33(3,31)32)13-19(18)28-10-8-23(6-7-23)9-11-28/h4-5,12-13,16,29H,6-11,14H2,1-3H3,(H2,24,25,26,27,30). The van der Waals surface area contributed by atoms with Crippen LogP contribution in [0.4, 0.5) is 17.5 Å². The molecule has 1 spiro atoms. The first kappa shape index (κ1) is 23.4. The van der Waals surface area contributed by atoms with E-state index in [1.165, 1.54) is 25.2 Å². The van der Waals surface area contributed by atoms with E-state index in [9.17, 15) is 18.3 Å². The highest BCUT2D eigenvalue weighted by atomic mass is 32.2. The minimum absolute atomic E-state index is 0.0772. The number of carbonyl (C=O) groups excluding carboxylic acids is 1. The Morgan fingerprint density at radius 3 is 2.48 bits per heavy atom. The van der Waals surface area contributed by atoms with Crippen LogP contribution in [-0.2, 0) is 9.84 Å². The average Bonchev–Trinajstić information content (AvgIpc) is 3.51. The second-order valence-corrected chi connectivity index (χ2v) is 11.4. The van der Waals surface area contributed by atoms with E-state index in [4.69, 9.17) is 0 Å². The summed E-state index contributed by atoms with van der Waals surface area (Å²) >= 11 is 0. The summed E-state index contributed by atoms with van der Waals surface area (Å²) in [6, 6.07) is 6.08. The Kier molecular flexibility index (Phi) is 6.32. The minimum Gasteiger partial charge on any atom is -0.394 e. The Morgan fingerprint density at radius 2 is 1.88 bits per heavy atom. The second kappa shape index (κ2) is 8.90. The summed E-state index contributed by atoms with van der Waals surface area (Å²) in [5.74, 6) is 0.273. The monoisotopic (exact) mass is 473 g/mol. The molecule has 33 heavy (non-hydrogen) atoms. The zero-order valence-electron chi connectivity index (χ0n) is 19.3. The molecule has 2 aliphatic rings. The van der Waals surface area contributed by atoms with E-state index < -0.39 is 9.84 Å². The van der Waals surface area contributed by atoms with Gasteiger partial charge in [0.05, 0.1) is 22.8 Å². The lowest BCUT2D eigenvalue weighted by Crippen LogP contribution is -2.35. The largest absolute Gasteiger partial charge is 0.394 e. The van der Waals surface area contributed by atoms with Crippen molar-refractivity contribution in [3.63, 3.8) is 0 Å². The number of anilines is 3. The first-order valence-electron chi connectivity index (χ1n) is 11.2. The summed E-state index contributed by atoms with van der Waals surface area (Å²) in [6.07, 6.45) is 5.80. The predicted octanol–water partition coefficient (Wildman–Crippen LogP) is 2.61. The fourth-order valence-corrected chi connectivity index (χ4v) is 4.88. The Labute approximate surface area is 194 Å². The topological polar surface area (TPSA) is 125 Å². The van der Waals surface area contributed by atoms with E-state index in [0.29, 0.717) is 34.1 Å². The van der Waals surface area contributed by atoms with Gasteiger partial charge in [-0.25, -0.2) is 13.4 Å². The molecule has 9 nitrogen and oxygen atoms in total. The van der Waals surface area contributed by atoms with Gasteiger partial charge in [-0.1, -0.05) is 0 Å². The molecule has 2 aromatic rings. The summed E-state index contributed by atoms with van der Waals surface area (Å²) in [6.45, 7) is 5.11. The van der Waals surface area contributed by atoms with Crippen LogP contribution in [-0.4, -0.2) is 61.4 Å². The SMILES string of the molecule is Cc1cc(NC(=O)c2ccc(S(C)(=O)=O)cc2N2CCC3(CC2)CC3)nc(NC(C)CO)n1. The molecule has 3 N–H and O–H groups in total. The van der Waals surface area contributed by atoms with Crippen LogP contribution in [0.15, 0.2) is 29.2 Å². The molecule has 1 aromatic heterocycles. The summed E-state index contributed by atoms with van der Waals surface area (Å²) in [4.78, 5) is 24.2. The number of piperidine rings is 1. The van der Waals surface area contributed by atoms with Crippen molar-refractivity contribution in [3.05, 3.63) is 35.5 Å². The van der Waals surface area contributed by atoms with Gasteiger partial charge in [-0.2, -0.15) is 4.98 Å². The van der Waals surface area contributed by atoms with Crippen molar-refractivity contribution in [2.45, 2.75) is 50.5 Å². The zero-order chi connectivity index (χ0) is 23.8. The van der Waals surface area contributed by atoms with E-state index in [-0.39, 0.29) is 23.5 Å². The normalized spacial score (nSPS) is 18.1. The van der Waals surface area contributed by atoms with Crippen LogP contribution in [0.5, 0.6) is 0 Å². The summed E-state index contributed by atoms with van der Waals surface area (Å²) in [5.41, 5.74) is 2.15. The first-order valence-corrected chi connectivity index (χ1v) is 13.1. The van der Waals surface area contributed by atoms with E-state index in [1.54, 1.807) is 32.0 Å². The molecule has 1 saturated carbocycles. The highest BCUT2D eigenvalue weighted by molar-refractivity contribution is 7.90. The first-order chi connectivity index (χ1) is 15.6. The third-order valence-corrected chi connectivity index (χ3v) is 7.62. The summed E-state index contributed by atoms with van der Waals surface area (Å²) in [5, 5.41) is 15.1. The third-order valence-electron chi connectivity index (χ3n) is 6.51. The molecule has 1 aliphatic heterocycles. The van der Waals surface area contributed by atoms with Crippen molar-refractivity contribution in [1.29, 1.82) is 0 Å². The van der Waals surface area contributed by atoms with Crippen molar-refractivity contribution in [2.75, 3.05) is 41.5 Å². The van der Waals surface area contributed by atoms with Crippen LogP contribution in [0.25, 0.3) is 0 Å². The molecule has 1 saturated heterocycles. The Balaban J connectivity index is 1.62. The lowest BCUT2D eigenvalue weighted by molar-refractivity contribution is 0.102. The number of aliphatic hydroxyl groups is 1. The van der Waals surface area contributed by atoms with Crippen LogP contribution in [0.1, 0.15) is 48.7 Å². The highest BCUT2D eigenvalue weighted by Gasteiger charge is 2.44. The molecule has 1 unspecified atom stereocenters. The molecular formula is C23H31N5O4S. The molecule has 0 bridgehead atoms. The maximum Gasteiger partial charge on any atom is 0.258 e. The number of aryl methyl sites for hydroxylation is 1. The maximum atomic E-state index is 13.3. The summed E-state index contributed by atoms with van der Waals surface area (Å²) in [7, 11) is -3.41. The Morgan fingerprint density at radius 1 is 1.18 bits per heavy atom. The van der Waals surface area contributed by atoms with Crippen LogP contribution in [0, 0.1) is 12.3 Å². The molecule has 1 aliphatic carbocycles. The van der Waals surface area contributed by atoms with Crippen LogP contribution in [0.3, 0.4) is 0 Å². The number of amides is 1. The van der Waals surface area contributed by atoms with Crippen molar-refractivity contribution < 1.29 is 18.3 Å². The fourth-order valence-electron chi connectivity index (χ4n) is 4.24. The smallest absolute Gasteiger partial charge is 0.258 e. The van der Waals surface area contributed by atoms with E-state index in [0.717, 1.165) is 25.9 Å². The molecule has 2 fully saturated rings. The Hall–Kier alpha value is -2.72. The van der Waals surface area contributed by atoms with E-state index in [2.05, 4.69) is 25.5 Å². The number of nitrogens with zero attached hydrogens (tertiary/aromatic N) is 3. The van der Waals surface area contributed by atoms with E-state index in [1.807, 2.05) is 0 Å². The van der Waals surface area contributed by atoms with Gasteiger partial charge in [0, 0.05) is 37.1 Å². The molecule has 10 heteroatoms. The lowest BCUT2D eigenvalue weighted by atomic mass is 9.93. The zero-order valence-corrected chi connectivity index (χ0v) is 20.1. The number of hydrogen-bond donors (Lipinski definition) is 3. The van der Waals surface area contributed by atoms with Gasteiger partial charge in [0.1, 0.15) is 5.82 Å². The third kappa shape index (κ3) is 5.44. The van der Waals surface area contributed by atoms with Crippen molar-refractivity contribution >= 4 is 33.2 Å². The molecule has 0 radical (unpaired) electrons. The number of aromatic nitrogens is 2. The molecule has 2 heterocycles. The lowest BCUT2D eigenvalue weighted by Gasteiger charge is -2.35. The average molecular weight is 474 g/mol. The molecular weight excluding hydrogens is 442 g/mol. The highest BCUT2D eigenvalue weighted by Crippen LogP contribution is 2.54. The van der Waals surface area contributed by atoms with Crippen molar-refractivity contribution in [3.8, 4) is 0 Å². The number of carbonyl (C=O) groups is 1. The predicted molar refractivity (Wildman–Crippen MR) is 128 cm³/mol. The van der Waals surface area contributed by atoms with Gasteiger partial charge in [0.15, 0.2) is 9.84 Å². The number of rotatable bonds is 7. The Bertz CT molecular complexity index is 1150. The van der Waals surface area contributed by atoms with Gasteiger partial charge in [0.25, 0.3) is 5.91 Å². The number of aliphatic hydroxyl groups excluding tert-OH is 1. The molecule has 4 rings (SSSR count). The van der Waals surface area contributed by atoms with Gasteiger partial charge in [-0.15, -0.1) is 0 Å².